The minimum atomic E-state index is -0.757. The molecule has 0 aliphatic carbocycles. The zero-order valence-corrected chi connectivity index (χ0v) is 16.6. The molecule has 4 nitrogen and oxygen atoms in total. The summed E-state index contributed by atoms with van der Waals surface area (Å²) in [7, 11) is 0. The second kappa shape index (κ2) is 6.82. The second-order valence-corrected chi connectivity index (χ2v) is 7.72. The average molecular weight is 420 g/mol. The molecule has 2 heterocycles. The lowest BCUT2D eigenvalue weighted by Crippen LogP contribution is -2.29. The largest absolute Gasteiger partial charge is 0.450 e. The van der Waals surface area contributed by atoms with Gasteiger partial charge in [0.15, 0.2) is 5.43 Å². The van der Waals surface area contributed by atoms with E-state index in [0.29, 0.717) is 27.2 Å². The number of carbonyl (C=O) groups is 1. The molecule has 4 aromatic rings. The highest BCUT2D eigenvalue weighted by atomic mass is 35.5. The van der Waals surface area contributed by atoms with E-state index in [1.165, 1.54) is 17.0 Å². The Hall–Kier alpha value is -3.44. The quantitative estimate of drug-likeness (QED) is 0.422. The third kappa shape index (κ3) is 2.82. The molecule has 0 saturated heterocycles. The summed E-state index contributed by atoms with van der Waals surface area (Å²) in [5, 5.41) is 0.857. The van der Waals surface area contributed by atoms with E-state index < -0.39 is 17.8 Å². The number of fused-ring (bicyclic) bond motifs is 2. The molecule has 1 atom stereocenters. The number of hydrogen-bond donors (Lipinski definition) is 0. The summed E-state index contributed by atoms with van der Waals surface area (Å²) in [6.07, 6.45) is 0. The van der Waals surface area contributed by atoms with Crippen molar-refractivity contribution in [2.45, 2.75) is 13.0 Å². The number of anilines is 1. The molecule has 0 bridgehead atoms. The van der Waals surface area contributed by atoms with Crippen molar-refractivity contribution in [1.29, 1.82) is 0 Å². The average Bonchev–Trinajstić information content (AvgIpc) is 3.02. The summed E-state index contributed by atoms with van der Waals surface area (Å²) in [6.45, 7) is 1.88. The van der Waals surface area contributed by atoms with Crippen molar-refractivity contribution in [3.63, 3.8) is 0 Å². The Bertz CT molecular complexity index is 1380. The zero-order chi connectivity index (χ0) is 21.0. The van der Waals surface area contributed by atoms with Gasteiger partial charge in [-0.05, 0) is 55.0 Å². The maximum atomic E-state index is 13.6. The van der Waals surface area contributed by atoms with Gasteiger partial charge in [0.25, 0.3) is 5.91 Å². The van der Waals surface area contributed by atoms with Crippen LogP contribution in [0.3, 0.4) is 0 Å². The highest BCUT2D eigenvalue weighted by Gasteiger charge is 2.43. The molecule has 0 spiro atoms. The van der Waals surface area contributed by atoms with Gasteiger partial charge in [-0.25, -0.2) is 4.39 Å². The van der Waals surface area contributed by atoms with E-state index in [-0.39, 0.29) is 16.8 Å². The van der Waals surface area contributed by atoms with E-state index in [1.807, 2.05) is 13.0 Å². The van der Waals surface area contributed by atoms with Crippen LogP contribution in [0.5, 0.6) is 0 Å². The van der Waals surface area contributed by atoms with Gasteiger partial charge in [-0.1, -0.05) is 41.4 Å². The molecule has 0 N–H and O–H groups in total. The number of nitrogens with zero attached hydrogens (tertiary/aromatic N) is 1. The van der Waals surface area contributed by atoms with Crippen molar-refractivity contribution in [1.82, 2.24) is 0 Å². The first-order chi connectivity index (χ1) is 14.4. The van der Waals surface area contributed by atoms with Gasteiger partial charge < -0.3 is 4.42 Å². The van der Waals surface area contributed by atoms with Gasteiger partial charge >= 0.3 is 0 Å². The predicted molar refractivity (Wildman–Crippen MR) is 114 cm³/mol. The van der Waals surface area contributed by atoms with Crippen molar-refractivity contribution in [3.05, 3.63) is 110 Å². The molecule has 1 unspecified atom stereocenters. The molecule has 30 heavy (non-hydrogen) atoms. The van der Waals surface area contributed by atoms with Crippen LogP contribution in [0.2, 0.25) is 5.02 Å². The smallest absolute Gasteiger partial charge is 0.295 e. The number of amides is 1. The summed E-state index contributed by atoms with van der Waals surface area (Å²) < 4.78 is 19.5. The number of aryl methyl sites for hydroxylation is 1. The SMILES string of the molecule is Cc1ccc2oc3c(c(=O)c2c1)C(c1ccc(F)cc1)N(c1cccc(Cl)c1)C3=O. The normalized spacial score (nSPS) is 15.6. The van der Waals surface area contributed by atoms with Gasteiger partial charge in [-0.3, -0.25) is 14.5 Å². The Kier molecular flexibility index (Phi) is 4.22. The lowest BCUT2D eigenvalue weighted by molar-refractivity contribution is 0.0971. The third-order valence-electron chi connectivity index (χ3n) is 5.30. The Morgan fingerprint density at radius 3 is 2.50 bits per heavy atom. The molecule has 1 aliphatic heterocycles. The summed E-state index contributed by atoms with van der Waals surface area (Å²) in [5.41, 5.74) is 2.34. The van der Waals surface area contributed by atoms with E-state index in [2.05, 4.69) is 0 Å². The van der Waals surface area contributed by atoms with Crippen molar-refractivity contribution in [2.75, 3.05) is 4.90 Å². The zero-order valence-electron chi connectivity index (χ0n) is 15.9. The molecule has 5 rings (SSSR count). The molecule has 0 fully saturated rings. The van der Waals surface area contributed by atoms with E-state index in [0.717, 1.165) is 5.56 Å². The number of carbonyl (C=O) groups excluding carboxylic acids is 1. The summed E-state index contributed by atoms with van der Waals surface area (Å²) in [5.74, 6) is -0.856. The van der Waals surface area contributed by atoms with Gasteiger partial charge in [-0.15, -0.1) is 0 Å². The molecule has 1 amide bonds. The van der Waals surface area contributed by atoms with Crippen LogP contribution in [-0.2, 0) is 0 Å². The first kappa shape index (κ1) is 18.6. The summed E-state index contributed by atoms with van der Waals surface area (Å²) in [6, 6.07) is 17.1. The maximum Gasteiger partial charge on any atom is 0.295 e. The summed E-state index contributed by atoms with van der Waals surface area (Å²) >= 11 is 6.16. The van der Waals surface area contributed by atoms with Crippen LogP contribution in [0.1, 0.15) is 33.3 Å². The van der Waals surface area contributed by atoms with E-state index >= 15 is 0 Å². The first-order valence-electron chi connectivity index (χ1n) is 9.36. The minimum Gasteiger partial charge on any atom is -0.450 e. The number of halogens is 2. The van der Waals surface area contributed by atoms with Crippen LogP contribution >= 0.6 is 11.6 Å². The molecule has 6 heteroatoms. The standard InChI is InChI=1S/C24H15ClFNO3/c1-13-5-10-19-18(11-13)22(28)20-21(14-6-8-16(26)9-7-14)27(24(29)23(20)30-19)17-4-2-3-15(25)12-17/h2-12,21H,1H3. The van der Waals surface area contributed by atoms with Gasteiger partial charge in [0.05, 0.1) is 17.0 Å². The highest BCUT2D eigenvalue weighted by molar-refractivity contribution is 6.31. The van der Waals surface area contributed by atoms with Gasteiger partial charge in [0.2, 0.25) is 5.76 Å². The van der Waals surface area contributed by atoms with E-state index in [1.54, 1.807) is 48.5 Å². The Labute approximate surface area is 176 Å². The molecule has 148 valence electrons. The van der Waals surface area contributed by atoms with Crippen LogP contribution < -0.4 is 10.3 Å². The molecule has 1 aliphatic rings. The van der Waals surface area contributed by atoms with Crippen molar-refractivity contribution in [3.8, 4) is 0 Å². The maximum absolute atomic E-state index is 13.6. The van der Waals surface area contributed by atoms with E-state index in [4.69, 9.17) is 16.0 Å². The number of hydrogen-bond acceptors (Lipinski definition) is 3. The molecular weight excluding hydrogens is 405 g/mol. The fourth-order valence-corrected chi connectivity index (χ4v) is 4.12. The van der Waals surface area contributed by atoms with Gasteiger partial charge in [-0.2, -0.15) is 0 Å². The van der Waals surface area contributed by atoms with Crippen LogP contribution in [0.25, 0.3) is 11.0 Å². The van der Waals surface area contributed by atoms with Crippen LogP contribution in [0, 0.1) is 12.7 Å². The Balaban J connectivity index is 1.83. The number of benzene rings is 3. The lowest BCUT2D eigenvalue weighted by Gasteiger charge is -2.25. The van der Waals surface area contributed by atoms with Crippen LogP contribution in [-0.4, -0.2) is 5.91 Å². The molecule has 1 aromatic heterocycles. The monoisotopic (exact) mass is 419 g/mol. The molecule has 3 aromatic carbocycles. The molecular formula is C24H15ClFNO3. The Morgan fingerprint density at radius 2 is 1.77 bits per heavy atom. The third-order valence-corrected chi connectivity index (χ3v) is 5.53. The predicted octanol–water partition coefficient (Wildman–Crippen LogP) is 5.64. The number of rotatable bonds is 2. The molecule has 0 saturated carbocycles. The summed E-state index contributed by atoms with van der Waals surface area (Å²) in [4.78, 5) is 28.3. The fourth-order valence-electron chi connectivity index (χ4n) is 3.94. The van der Waals surface area contributed by atoms with E-state index in [9.17, 15) is 14.0 Å². The van der Waals surface area contributed by atoms with Gasteiger partial charge in [0.1, 0.15) is 11.4 Å². The lowest BCUT2D eigenvalue weighted by atomic mass is 9.98. The second-order valence-electron chi connectivity index (χ2n) is 7.28. The first-order valence-corrected chi connectivity index (χ1v) is 9.74. The van der Waals surface area contributed by atoms with Crippen molar-refractivity contribution in [2.24, 2.45) is 0 Å². The Morgan fingerprint density at radius 1 is 1.00 bits per heavy atom. The fraction of sp³-hybridized carbons (Fsp3) is 0.0833. The molecule has 0 radical (unpaired) electrons. The van der Waals surface area contributed by atoms with Gasteiger partial charge in [0, 0.05) is 10.7 Å². The van der Waals surface area contributed by atoms with Crippen LogP contribution in [0.15, 0.2) is 75.9 Å². The van der Waals surface area contributed by atoms with Crippen LogP contribution in [0.4, 0.5) is 10.1 Å². The minimum absolute atomic E-state index is 0.00865. The van der Waals surface area contributed by atoms with Crippen molar-refractivity contribution < 1.29 is 13.6 Å². The topological polar surface area (TPSA) is 50.5 Å². The van der Waals surface area contributed by atoms with Crippen molar-refractivity contribution >= 4 is 34.2 Å². The highest BCUT2D eigenvalue weighted by Crippen LogP contribution is 2.41.